The summed E-state index contributed by atoms with van der Waals surface area (Å²) in [5, 5.41) is 6.27. The number of esters is 1. The zero-order valence-corrected chi connectivity index (χ0v) is 11.0. The van der Waals surface area contributed by atoms with E-state index in [1.165, 1.54) is 0 Å². The largest absolute Gasteiger partial charge is 0.458 e. The van der Waals surface area contributed by atoms with E-state index in [0.29, 0.717) is 13.2 Å². The molecule has 4 heteroatoms. The summed E-state index contributed by atoms with van der Waals surface area (Å²) in [5.41, 5.74) is 3.12. The van der Waals surface area contributed by atoms with Crippen LogP contribution in [0.25, 0.3) is 0 Å². The van der Waals surface area contributed by atoms with E-state index in [2.05, 4.69) is 10.6 Å². The van der Waals surface area contributed by atoms with Crippen molar-refractivity contribution < 1.29 is 9.53 Å². The lowest BCUT2D eigenvalue weighted by Gasteiger charge is -2.26. The molecule has 3 rings (SSSR count). The molecule has 0 bridgehead atoms. The summed E-state index contributed by atoms with van der Waals surface area (Å²) in [5.74, 6) is -0.289. The lowest BCUT2D eigenvalue weighted by atomic mass is 10.1. The number of rotatable bonds is 3. The third kappa shape index (κ3) is 2.81. The van der Waals surface area contributed by atoms with Gasteiger partial charge in [-0.1, -0.05) is 48.5 Å². The molecular weight excluding hydrogens is 252 g/mol. The van der Waals surface area contributed by atoms with Crippen molar-refractivity contribution in [1.82, 2.24) is 5.32 Å². The molecule has 2 aromatic carbocycles. The summed E-state index contributed by atoms with van der Waals surface area (Å²) in [6.45, 7) is 0.954. The molecule has 0 spiro atoms. The van der Waals surface area contributed by atoms with Crippen molar-refractivity contribution in [3.63, 3.8) is 0 Å². The molecule has 1 atom stereocenters. The van der Waals surface area contributed by atoms with Crippen molar-refractivity contribution in [1.29, 1.82) is 0 Å². The number of hydrogen-bond donors (Lipinski definition) is 2. The van der Waals surface area contributed by atoms with Crippen molar-refractivity contribution in [2.45, 2.75) is 19.3 Å². The Balaban J connectivity index is 1.59. The standard InChI is InChI=1S/C16H16N2O2/c19-16(20-11-12-6-2-1-3-7-12)15-17-10-13-8-4-5-9-14(13)18-15/h1-9,15,17-18H,10-11H2. The quantitative estimate of drug-likeness (QED) is 0.838. The number of nitrogens with one attached hydrogen (secondary N) is 2. The average Bonchev–Trinajstić information content (AvgIpc) is 2.53. The number of hydrogen-bond acceptors (Lipinski definition) is 4. The normalized spacial score (nSPS) is 16.9. The molecule has 0 saturated carbocycles. The Morgan fingerprint density at radius 1 is 1.10 bits per heavy atom. The highest BCUT2D eigenvalue weighted by Gasteiger charge is 2.24. The van der Waals surface area contributed by atoms with Crippen LogP contribution in [0.5, 0.6) is 0 Å². The number of ether oxygens (including phenoxy) is 1. The molecule has 0 amide bonds. The SMILES string of the molecule is O=C(OCc1ccccc1)C1NCc2ccccc2N1. The van der Waals surface area contributed by atoms with Crippen molar-refractivity contribution >= 4 is 11.7 Å². The molecule has 1 heterocycles. The fourth-order valence-corrected chi connectivity index (χ4v) is 2.19. The average molecular weight is 268 g/mol. The molecule has 2 aromatic rings. The Hall–Kier alpha value is -2.33. The van der Waals surface area contributed by atoms with Crippen molar-refractivity contribution in [3.05, 3.63) is 65.7 Å². The molecule has 0 radical (unpaired) electrons. The minimum absolute atomic E-state index is 0.289. The van der Waals surface area contributed by atoms with Crippen molar-refractivity contribution in [3.8, 4) is 0 Å². The van der Waals surface area contributed by atoms with Gasteiger partial charge in [0.15, 0.2) is 6.17 Å². The fraction of sp³-hybridized carbons (Fsp3) is 0.188. The van der Waals surface area contributed by atoms with Gasteiger partial charge < -0.3 is 10.1 Å². The first kappa shape index (κ1) is 12.7. The monoisotopic (exact) mass is 268 g/mol. The Morgan fingerprint density at radius 3 is 2.70 bits per heavy atom. The van der Waals surface area contributed by atoms with Crippen LogP contribution < -0.4 is 10.6 Å². The summed E-state index contributed by atoms with van der Waals surface area (Å²) in [6, 6.07) is 17.6. The van der Waals surface area contributed by atoms with Gasteiger partial charge in [0.2, 0.25) is 0 Å². The lowest BCUT2D eigenvalue weighted by molar-refractivity contribution is -0.146. The van der Waals surface area contributed by atoms with E-state index >= 15 is 0 Å². The van der Waals surface area contributed by atoms with Gasteiger partial charge in [-0.25, -0.2) is 4.79 Å². The van der Waals surface area contributed by atoms with E-state index in [4.69, 9.17) is 4.74 Å². The molecular formula is C16H16N2O2. The van der Waals surface area contributed by atoms with E-state index in [9.17, 15) is 4.79 Å². The van der Waals surface area contributed by atoms with Gasteiger partial charge >= 0.3 is 5.97 Å². The fourth-order valence-electron chi connectivity index (χ4n) is 2.19. The Labute approximate surface area is 117 Å². The van der Waals surface area contributed by atoms with Crippen molar-refractivity contribution in [2.24, 2.45) is 0 Å². The minimum Gasteiger partial charge on any atom is -0.458 e. The Morgan fingerprint density at radius 2 is 1.85 bits per heavy atom. The van der Waals surface area contributed by atoms with Crippen LogP contribution in [0, 0.1) is 0 Å². The molecule has 1 aliphatic rings. The zero-order chi connectivity index (χ0) is 13.8. The number of carbonyl (C=O) groups excluding carboxylic acids is 1. The molecule has 0 fully saturated rings. The number of benzene rings is 2. The van der Waals surface area contributed by atoms with Gasteiger partial charge in [-0.3, -0.25) is 5.32 Å². The molecule has 4 nitrogen and oxygen atoms in total. The highest BCUT2D eigenvalue weighted by Crippen LogP contribution is 2.19. The van der Waals surface area contributed by atoms with Gasteiger partial charge in [0.25, 0.3) is 0 Å². The molecule has 0 saturated heterocycles. The first-order valence-corrected chi connectivity index (χ1v) is 6.61. The van der Waals surface area contributed by atoms with Gasteiger partial charge in [0, 0.05) is 12.2 Å². The lowest BCUT2D eigenvalue weighted by Crippen LogP contribution is -2.46. The number of anilines is 1. The number of carbonyl (C=O) groups is 1. The smallest absolute Gasteiger partial charge is 0.344 e. The summed E-state index contributed by atoms with van der Waals surface area (Å²) in [7, 11) is 0. The molecule has 1 unspecified atom stereocenters. The maximum absolute atomic E-state index is 12.0. The maximum Gasteiger partial charge on any atom is 0.344 e. The summed E-state index contributed by atoms with van der Waals surface area (Å²) < 4.78 is 5.32. The zero-order valence-electron chi connectivity index (χ0n) is 11.0. The minimum atomic E-state index is -0.492. The Kier molecular flexibility index (Phi) is 3.65. The van der Waals surface area contributed by atoms with Crippen LogP contribution in [0.1, 0.15) is 11.1 Å². The van der Waals surface area contributed by atoms with Gasteiger partial charge in [-0.2, -0.15) is 0 Å². The third-order valence-corrected chi connectivity index (χ3v) is 3.27. The third-order valence-electron chi connectivity index (χ3n) is 3.27. The molecule has 1 aliphatic heterocycles. The maximum atomic E-state index is 12.0. The van der Waals surface area contributed by atoms with Gasteiger partial charge in [0.1, 0.15) is 6.61 Å². The van der Waals surface area contributed by atoms with E-state index in [1.54, 1.807) is 0 Å². The van der Waals surface area contributed by atoms with Crippen LogP contribution in [-0.4, -0.2) is 12.1 Å². The Bertz CT molecular complexity index is 598. The topological polar surface area (TPSA) is 50.4 Å². The first-order chi connectivity index (χ1) is 9.83. The molecule has 2 N–H and O–H groups in total. The van der Waals surface area contributed by atoms with E-state index < -0.39 is 6.17 Å². The summed E-state index contributed by atoms with van der Waals surface area (Å²) in [6.07, 6.45) is -0.492. The van der Waals surface area contributed by atoms with Crippen LogP contribution in [0.2, 0.25) is 0 Å². The van der Waals surface area contributed by atoms with Gasteiger partial charge in [0.05, 0.1) is 0 Å². The van der Waals surface area contributed by atoms with E-state index in [-0.39, 0.29) is 5.97 Å². The number of fused-ring (bicyclic) bond motifs is 1. The summed E-state index contributed by atoms with van der Waals surface area (Å²) in [4.78, 5) is 12.0. The first-order valence-electron chi connectivity index (χ1n) is 6.61. The van der Waals surface area contributed by atoms with E-state index in [0.717, 1.165) is 16.8 Å². The second-order valence-electron chi connectivity index (χ2n) is 4.71. The van der Waals surface area contributed by atoms with Crippen LogP contribution in [-0.2, 0) is 22.7 Å². The predicted molar refractivity (Wildman–Crippen MR) is 76.9 cm³/mol. The van der Waals surface area contributed by atoms with Crippen LogP contribution in [0.15, 0.2) is 54.6 Å². The van der Waals surface area contributed by atoms with Gasteiger partial charge in [-0.15, -0.1) is 0 Å². The van der Waals surface area contributed by atoms with Crippen LogP contribution >= 0.6 is 0 Å². The number of para-hydroxylation sites is 1. The summed E-state index contributed by atoms with van der Waals surface area (Å²) >= 11 is 0. The van der Waals surface area contributed by atoms with Crippen LogP contribution in [0.3, 0.4) is 0 Å². The van der Waals surface area contributed by atoms with E-state index in [1.807, 2.05) is 54.6 Å². The second kappa shape index (κ2) is 5.75. The highest BCUT2D eigenvalue weighted by molar-refractivity contribution is 5.80. The molecule has 0 aromatic heterocycles. The highest BCUT2D eigenvalue weighted by atomic mass is 16.5. The molecule has 102 valence electrons. The predicted octanol–water partition coefficient (Wildman–Crippen LogP) is 2.27. The van der Waals surface area contributed by atoms with Crippen LogP contribution in [0.4, 0.5) is 5.69 Å². The van der Waals surface area contributed by atoms with Crippen molar-refractivity contribution in [2.75, 3.05) is 5.32 Å². The second-order valence-corrected chi connectivity index (χ2v) is 4.71. The molecule has 20 heavy (non-hydrogen) atoms. The molecule has 0 aliphatic carbocycles. The van der Waals surface area contributed by atoms with Gasteiger partial charge in [-0.05, 0) is 17.2 Å².